The zero-order valence-electron chi connectivity index (χ0n) is 14.6. The summed E-state index contributed by atoms with van der Waals surface area (Å²) in [6.07, 6.45) is 5.05. The average molecular weight is 386 g/mol. The molecule has 0 amide bonds. The summed E-state index contributed by atoms with van der Waals surface area (Å²) < 4.78 is 33.9. The Hall–Kier alpha value is -3.20. The summed E-state index contributed by atoms with van der Waals surface area (Å²) in [4.78, 5) is 15.6. The topological polar surface area (TPSA) is 103 Å². The van der Waals surface area contributed by atoms with Crippen molar-refractivity contribution in [3.8, 4) is 0 Å². The highest BCUT2D eigenvalue weighted by Gasteiger charge is 2.17. The number of aromatic nitrogens is 3. The Morgan fingerprint density at radius 2 is 1.81 bits per heavy atom. The molecule has 0 unspecified atom stereocenters. The van der Waals surface area contributed by atoms with Crippen molar-refractivity contribution in [3.63, 3.8) is 0 Å². The molecule has 0 bridgehead atoms. The summed E-state index contributed by atoms with van der Waals surface area (Å²) in [5.41, 5.74) is 1.29. The summed E-state index contributed by atoms with van der Waals surface area (Å²) in [6, 6.07) is 10.8. The number of ether oxygens (including phenoxy) is 1. The van der Waals surface area contributed by atoms with Gasteiger partial charge >= 0.3 is 5.97 Å². The SMILES string of the molecule is CCOC(=O)c1ccc(S(=O)(=O)Nc2ccn(Cc3ccncc3)n2)cc1. The highest BCUT2D eigenvalue weighted by molar-refractivity contribution is 7.92. The molecule has 1 N–H and O–H groups in total. The van der Waals surface area contributed by atoms with E-state index in [9.17, 15) is 13.2 Å². The van der Waals surface area contributed by atoms with Crippen molar-refractivity contribution in [3.05, 3.63) is 72.2 Å². The van der Waals surface area contributed by atoms with Gasteiger partial charge in [0.05, 0.1) is 23.6 Å². The largest absolute Gasteiger partial charge is 0.462 e. The van der Waals surface area contributed by atoms with E-state index in [2.05, 4.69) is 14.8 Å². The smallest absolute Gasteiger partial charge is 0.338 e. The van der Waals surface area contributed by atoms with Crippen LogP contribution in [0.4, 0.5) is 5.82 Å². The summed E-state index contributed by atoms with van der Waals surface area (Å²) in [7, 11) is -3.82. The van der Waals surface area contributed by atoms with Gasteiger partial charge in [0.2, 0.25) is 0 Å². The van der Waals surface area contributed by atoms with E-state index in [1.165, 1.54) is 24.3 Å². The van der Waals surface area contributed by atoms with Gasteiger partial charge in [-0.1, -0.05) is 0 Å². The molecular weight excluding hydrogens is 368 g/mol. The monoisotopic (exact) mass is 386 g/mol. The van der Waals surface area contributed by atoms with Crippen LogP contribution >= 0.6 is 0 Å². The van der Waals surface area contributed by atoms with Gasteiger partial charge in [-0.25, -0.2) is 13.2 Å². The number of pyridine rings is 1. The van der Waals surface area contributed by atoms with E-state index in [0.29, 0.717) is 6.54 Å². The van der Waals surface area contributed by atoms with Crippen LogP contribution in [0.25, 0.3) is 0 Å². The first-order valence-electron chi connectivity index (χ1n) is 8.20. The van der Waals surface area contributed by atoms with Gasteiger partial charge in [-0.2, -0.15) is 5.10 Å². The zero-order chi connectivity index (χ0) is 19.3. The lowest BCUT2D eigenvalue weighted by molar-refractivity contribution is 0.0526. The van der Waals surface area contributed by atoms with Crippen LogP contribution in [0, 0.1) is 0 Å². The lowest BCUT2D eigenvalue weighted by Gasteiger charge is -2.07. The van der Waals surface area contributed by atoms with Crippen LogP contribution in [0.1, 0.15) is 22.8 Å². The molecule has 2 heterocycles. The maximum Gasteiger partial charge on any atom is 0.338 e. The Balaban J connectivity index is 1.70. The molecule has 0 saturated carbocycles. The molecule has 0 spiro atoms. The molecule has 2 aromatic heterocycles. The molecule has 9 heteroatoms. The normalized spacial score (nSPS) is 11.1. The van der Waals surface area contributed by atoms with E-state index < -0.39 is 16.0 Å². The number of carbonyl (C=O) groups is 1. The van der Waals surface area contributed by atoms with E-state index in [1.807, 2.05) is 12.1 Å². The Labute approximate surface area is 156 Å². The molecule has 3 rings (SSSR count). The molecule has 140 valence electrons. The first kappa shape index (κ1) is 18.6. The van der Waals surface area contributed by atoms with Gasteiger partial charge in [0, 0.05) is 24.7 Å². The fraction of sp³-hybridized carbons (Fsp3) is 0.167. The van der Waals surface area contributed by atoms with Crippen LogP contribution in [0.2, 0.25) is 0 Å². The fourth-order valence-corrected chi connectivity index (χ4v) is 3.36. The van der Waals surface area contributed by atoms with Gasteiger partial charge in [0.25, 0.3) is 10.0 Å². The number of hydrogen-bond donors (Lipinski definition) is 1. The molecular formula is C18H18N4O4S. The van der Waals surface area contributed by atoms with Crippen LogP contribution in [0.3, 0.4) is 0 Å². The third-order valence-electron chi connectivity index (χ3n) is 3.65. The third-order valence-corrected chi connectivity index (χ3v) is 5.02. The molecule has 3 aromatic rings. The molecule has 8 nitrogen and oxygen atoms in total. The molecule has 0 fully saturated rings. The first-order chi connectivity index (χ1) is 13.0. The van der Waals surface area contributed by atoms with Gasteiger partial charge in [-0.3, -0.25) is 14.4 Å². The molecule has 27 heavy (non-hydrogen) atoms. The maximum absolute atomic E-state index is 12.5. The Bertz CT molecular complexity index is 1020. The summed E-state index contributed by atoms with van der Waals surface area (Å²) in [6.45, 7) is 2.45. The zero-order valence-corrected chi connectivity index (χ0v) is 15.4. The molecule has 0 radical (unpaired) electrons. The lowest BCUT2D eigenvalue weighted by atomic mass is 10.2. The number of sulfonamides is 1. The summed E-state index contributed by atoms with van der Waals surface area (Å²) >= 11 is 0. The van der Waals surface area contributed by atoms with Gasteiger partial charge in [0.1, 0.15) is 0 Å². The lowest BCUT2D eigenvalue weighted by Crippen LogP contribution is -2.14. The standard InChI is InChI=1S/C18H18N4O4S/c1-2-26-18(23)15-3-5-16(6-4-15)27(24,25)21-17-9-12-22(20-17)13-14-7-10-19-11-8-14/h3-12H,2,13H2,1H3,(H,20,21). The number of nitrogens with zero attached hydrogens (tertiary/aromatic N) is 3. The minimum atomic E-state index is -3.82. The van der Waals surface area contributed by atoms with Gasteiger partial charge in [-0.15, -0.1) is 0 Å². The van der Waals surface area contributed by atoms with Crippen molar-refractivity contribution >= 4 is 21.8 Å². The van der Waals surface area contributed by atoms with Crippen molar-refractivity contribution < 1.29 is 17.9 Å². The highest BCUT2D eigenvalue weighted by atomic mass is 32.2. The number of nitrogens with one attached hydrogen (secondary N) is 1. The molecule has 0 aliphatic heterocycles. The summed E-state index contributed by atoms with van der Waals surface area (Å²) in [5, 5.41) is 4.22. The number of carbonyl (C=O) groups excluding carboxylic acids is 1. The van der Waals surface area contributed by atoms with Gasteiger partial charge < -0.3 is 4.74 Å². The quantitative estimate of drug-likeness (QED) is 0.625. The van der Waals surface area contributed by atoms with Crippen molar-refractivity contribution in [1.29, 1.82) is 0 Å². The van der Waals surface area contributed by atoms with Gasteiger partial charge in [0.15, 0.2) is 5.82 Å². The van der Waals surface area contributed by atoms with Crippen LogP contribution in [0.5, 0.6) is 0 Å². The molecule has 0 aliphatic rings. The van der Waals surface area contributed by atoms with Crippen molar-refractivity contribution in [2.75, 3.05) is 11.3 Å². The maximum atomic E-state index is 12.5. The van der Waals surface area contributed by atoms with Crippen LogP contribution in [-0.2, 0) is 21.3 Å². The van der Waals surface area contributed by atoms with E-state index in [-0.39, 0.29) is 22.9 Å². The van der Waals surface area contributed by atoms with E-state index in [0.717, 1.165) is 5.56 Å². The molecule has 0 saturated heterocycles. The number of esters is 1. The van der Waals surface area contributed by atoms with E-state index in [4.69, 9.17) is 4.74 Å². The molecule has 0 aliphatic carbocycles. The number of hydrogen-bond acceptors (Lipinski definition) is 6. The predicted octanol–water partition coefficient (Wildman–Crippen LogP) is 2.30. The minimum absolute atomic E-state index is 0.0271. The minimum Gasteiger partial charge on any atom is -0.462 e. The second-order valence-electron chi connectivity index (χ2n) is 5.60. The first-order valence-corrected chi connectivity index (χ1v) is 9.68. The van der Waals surface area contributed by atoms with Gasteiger partial charge in [-0.05, 0) is 48.9 Å². The summed E-state index contributed by atoms with van der Waals surface area (Å²) in [5.74, 6) is -0.289. The van der Waals surface area contributed by atoms with Crippen LogP contribution in [-0.4, -0.2) is 35.8 Å². The Kier molecular flexibility index (Phi) is 5.51. The third kappa shape index (κ3) is 4.70. The second-order valence-corrected chi connectivity index (χ2v) is 7.29. The molecule has 0 atom stereocenters. The number of anilines is 1. The fourth-order valence-electron chi connectivity index (χ4n) is 2.36. The van der Waals surface area contributed by atoms with E-state index in [1.54, 1.807) is 36.3 Å². The average Bonchev–Trinajstić information content (AvgIpc) is 3.09. The van der Waals surface area contributed by atoms with Crippen molar-refractivity contribution in [1.82, 2.24) is 14.8 Å². The Morgan fingerprint density at radius 3 is 2.48 bits per heavy atom. The van der Waals surface area contributed by atoms with Crippen LogP contribution < -0.4 is 4.72 Å². The molecule has 1 aromatic carbocycles. The van der Waals surface area contributed by atoms with Crippen molar-refractivity contribution in [2.45, 2.75) is 18.4 Å². The number of rotatable bonds is 7. The second kappa shape index (κ2) is 8.00. The predicted molar refractivity (Wildman–Crippen MR) is 98.8 cm³/mol. The van der Waals surface area contributed by atoms with E-state index >= 15 is 0 Å². The highest BCUT2D eigenvalue weighted by Crippen LogP contribution is 2.16. The Morgan fingerprint density at radius 1 is 1.11 bits per heavy atom. The van der Waals surface area contributed by atoms with Crippen LogP contribution in [0.15, 0.2) is 66.0 Å². The van der Waals surface area contributed by atoms with Crippen molar-refractivity contribution in [2.24, 2.45) is 0 Å². The number of benzene rings is 1.